The molecule has 26 heavy (non-hydrogen) atoms. The van der Waals surface area contributed by atoms with Gasteiger partial charge in [0.2, 0.25) is 11.8 Å². The van der Waals surface area contributed by atoms with Crippen molar-refractivity contribution in [2.75, 3.05) is 18.1 Å². The molecule has 132 valence electrons. The molecule has 0 bridgehead atoms. The Balaban J connectivity index is 1.64. The molecular formula is C21H20N2O3. The van der Waals surface area contributed by atoms with Gasteiger partial charge in [0, 0.05) is 13.1 Å². The fourth-order valence-electron chi connectivity index (χ4n) is 3.62. The highest BCUT2D eigenvalue weighted by Crippen LogP contribution is 2.36. The van der Waals surface area contributed by atoms with Crippen molar-refractivity contribution in [1.29, 1.82) is 0 Å². The van der Waals surface area contributed by atoms with Gasteiger partial charge in [-0.15, -0.1) is 0 Å². The van der Waals surface area contributed by atoms with E-state index in [0.29, 0.717) is 13.2 Å². The van der Waals surface area contributed by atoms with Crippen molar-refractivity contribution >= 4 is 23.6 Å². The van der Waals surface area contributed by atoms with Crippen LogP contribution in [0.25, 0.3) is 6.08 Å². The third-order valence-electron chi connectivity index (χ3n) is 4.87. The molecule has 1 atom stereocenters. The van der Waals surface area contributed by atoms with Crippen LogP contribution in [0, 0.1) is 0 Å². The molecule has 5 heteroatoms. The molecule has 2 aromatic rings. The lowest BCUT2D eigenvalue weighted by Crippen LogP contribution is -2.41. The predicted molar refractivity (Wildman–Crippen MR) is 99.6 cm³/mol. The van der Waals surface area contributed by atoms with E-state index < -0.39 is 0 Å². The first-order valence-electron chi connectivity index (χ1n) is 8.73. The maximum Gasteiger partial charge on any atom is 0.229 e. The summed E-state index contributed by atoms with van der Waals surface area (Å²) in [5.41, 5.74) is 2.84. The summed E-state index contributed by atoms with van der Waals surface area (Å²) in [6, 6.07) is 15.2. The number of hydrogen-bond acceptors (Lipinski definition) is 3. The van der Waals surface area contributed by atoms with E-state index in [4.69, 9.17) is 4.74 Å². The molecule has 5 nitrogen and oxygen atoms in total. The van der Waals surface area contributed by atoms with Gasteiger partial charge in [-0.05, 0) is 29.3 Å². The number of fused-ring (bicyclic) bond motifs is 2. The van der Waals surface area contributed by atoms with E-state index in [1.54, 1.807) is 16.0 Å². The van der Waals surface area contributed by atoms with E-state index in [-0.39, 0.29) is 24.3 Å². The Morgan fingerprint density at radius 1 is 1.12 bits per heavy atom. The number of anilines is 1. The largest absolute Gasteiger partial charge is 0.490 e. The number of carbonyl (C=O) groups is 2. The van der Waals surface area contributed by atoms with Crippen LogP contribution in [0.15, 0.2) is 54.7 Å². The zero-order valence-electron chi connectivity index (χ0n) is 14.6. The summed E-state index contributed by atoms with van der Waals surface area (Å²) < 4.78 is 5.64. The third kappa shape index (κ3) is 2.86. The van der Waals surface area contributed by atoms with E-state index in [9.17, 15) is 9.59 Å². The van der Waals surface area contributed by atoms with Crippen molar-refractivity contribution in [2.45, 2.75) is 19.4 Å². The Morgan fingerprint density at radius 3 is 2.73 bits per heavy atom. The quantitative estimate of drug-likeness (QED) is 0.836. The van der Waals surface area contributed by atoms with Gasteiger partial charge in [-0.3, -0.25) is 9.59 Å². The van der Waals surface area contributed by atoms with E-state index in [0.717, 1.165) is 22.6 Å². The van der Waals surface area contributed by atoms with Gasteiger partial charge >= 0.3 is 0 Å². The van der Waals surface area contributed by atoms with Crippen molar-refractivity contribution in [1.82, 2.24) is 4.90 Å². The molecular weight excluding hydrogens is 328 g/mol. The molecule has 0 fully saturated rings. The third-order valence-corrected chi connectivity index (χ3v) is 4.87. The van der Waals surface area contributed by atoms with Gasteiger partial charge in [0.25, 0.3) is 0 Å². The number of rotatable bonds is 2. The molecule has 0 spiro atoms. The lowest BCUT2D eigenvalue weighted by molar-refractivity contribution is -0.129. The molecule has 1 unspecified atom stereocenters. The Bertz CT molecular complexity index is 890. The van der Waals surface area contributed by atoms with Crippen LogP contribution in [0.5, 0.6) is 5.75 Å². The van der Waals surface area contributed by atoms with Crippen molar-refractivity contribution in [3.05, 3.63) is 65.9 Å². The minimum atomic E-state index is -0.295. The summed E-state index contributed by atoms with van der Waals surface area (Å²) in [7, 11) is 0. The van der Waals surface area contributed by atoms with Crippen LogP contribution < -0.4 is 9.64 Å². The van der Waals surface area contributed by atoms with E-state index in [2.05, 4.69) is 0 Å². The highest BCUT2D eigenvalue weighted by molar-refractivity contribution is 5.96. The van der Waals surface area contributed by atoms with Gasteiger partial charge in [0.1, 0.15) is 12.4 Å². The first-order valence-corrected chi connectivity index (χ1v) is 8.73. The van der Waals surface area contributed by atoms with Gasteiger partial charge < -0.3 is 14.5 Å². The molecule has 2 aromatic carbocycles. The van der Waals surface area contributed by atoms with Crippen LogP contribution in [0.3, 0.4) is 0 Å². The van der Waals surface area contributed by atoms with Crippen molar-refractivity contribution in [3.8, 4) is 5.75 Å². The molecule has 0 aliphatic carbocycles. The molecule has 0 saturated carbocycles. The highest BCUT2D eigenvalue weighted by atomic mass is 16.5. The standard InChI is InChI=1S/C21H20N2O3/c1-15(24)22-11-10-16-6-2-3-7-17(16)19(22)14-21(25)23-12-13-26-20-9-5-4-8-18(20)23/h2-11,19H,12-14H2,1H3. The monoisotopic (exact) mass is 348 g/mol. The Hall–Kier alpha value is -3.08. The molecule has 4 rings (SSSR count). The SMILES string of the molecule is CC(=O)N1C=Cc2ccccc2C1CC(=O)N1CCOc2ccccc21. The number of nitrogens with zero attached hydrogens (tertiary/aromatic N) is 2. The van der Waals surface area contributed by atoms with Gasteiger partial charge in [-0.25, -0.2) is 0 Å². The van der Waals surface area contributed by atoms with E-state index in [1.807, 2.05) is 54.6 Å². The molecule has 2 heterocycles. The summed E-state index contributed by atoms with van der Waals surface area (Å²) in [6.45, 7) is 2.51. The summed E-state index contributed by atoms with van der Waals surface area (Å²) in [6.07, 6.45) is 3.92. The normalized spacial score (nSPS) is 18.0. The molecule has 0 N–H and O–H groups in total. The average molecular weight is 348 g/mol. The second-order valence-electron chi connectivity index (χ2n) is 6.45. The van der Waals surface area contributed by atoms with E-state index >= 15 is 0 Å². The maximum absolute atomic E-state index is 13.1. The summed E-state index contributed by atoms with van der Waals surface area (Å²) in [4.78, 5) is 28.6. The first-order chi connectivity index (χ1) is 12.6. The van der Waals surface area contributed by atoms with E-state index in [1.165, 1.54) is 6.92 Å². The molecule has 0 saturated heterocycles. The second kappa shape index (κ2) is 6.67. The first kappa shape index (κ1) is 16.4. The Labute approximate surface area is 152 Å². The summed E-state index contributed by atoms with van der Waals surface area (Å²) in [5, 5.41) is 0. The van der Waals surface area contributed by atoms with Gasteiger partial charge in [0.15, 0.2) is 0 Å². The number of benzene rings is 2. The lowest BCUT2D eigenvalue weighted by Gasteiger charge is -2.35. The van der Waals surface area contributed by atoms with Crippen LogP contribution >= 0.6 is 0 Å². The number of carbonyl (C=O) groups excluding carboxylic acids is 2. The topological polar surface area (TPSA) is 49.9 Å². The van der Waals surface area contributed by atoms with Crippen LogP contribution in [-0.4, -0.2) is 29.9 Å². The number of amides is 2. The lowest BCUT2D eigenvalue weighted by atomic mass is 9.93. The smallest absolute Gasteiger partial charge is 0.229 e. The molecule has 0 radical (unpaired) electrons. The van der Waals surface area contributed by atoms with Crippen molar-refractivity contribution < 1.29 is 14.3 Å². The fourth-order valence-corrected chi connectivity index (χ4v) is 3.62. The van der Waals surface area contributed by atoms with Crippen LogP contribution in [0.1, 0.15) is 30.5 Å². The average Bonchev–Trinajstić information content (AvgIpc) is 2.67. The molecule has 0 aromatic heterocycles. The maximum atomic E-state index is 13.1. The van der Waals surface area contributed by atoms with Crippen molar-refractivity contribution in [3.63, 3.8) is 0 Å². The van der Waals surface area contributed by atoms with Gasteiger partial charge in [0.05, 0.1) is 24.7 Å². The minimum absolute atomic E-state index is 0.0119. The predicted octanol–water partition coefficient (Wildman–Crippen LogP) is 3.38. The van der Waals surface area contributed by atoms with Crippen LogP contribution in [0.4, 0.5) is 5.69 Å². The summed E-state index contributed by atoms with van der Waals surface area (Å²) >= 11 is 0. The molecule has 2 aliphatic heterocycles. The number of hydrogen-bond donors (Lipinski definition) is 0. The molecule has 2 aliphatic rings. The number of ether oxygens (including phenoxy) is 1. The van der Waals surface area contributed by atoms with Gasteiger partial charge in [-0.1, -0.05) is 36.4 Å². The fraction of sp³-hybridized carbons (Fsp3) is 0.238. The summed E-state index contributed by atoms with van der Waals surface area (Å²) in [5.74, 6) is 0.637. The second-order valence-corrected chi connectivity index (χ2v) is 6.45. The Kier molecular flexibility index (Phi) is 4.21. The minimum Gasteiger partial charge on any atom is -0.490 e. The molecule has 2 amide bonds. The zero-order chi connectivity index (χ0) is 18.1. The van der Waals surface area contributed by atoms with Crippen LogP contribution in [0.2, 0.25) is 0 Å². The number of para-hydroxylation sites is 2. The van der Waals surface area contributed by atoms with Crippen LogP contribution in [-0.2, 0) is 9.59 Å². The Morgan fingerprint density at radius 2 is 1.88 bits per heavy atom. The highest BCUT2D eigenvalue weighted by Gasteiger charge is 2.31. The van der Waals surface area contributed by atoms with Crippen molar-refractivity contribution in [2.24, 2.45) is 0 Å². The zero-order valence-corrected chi connectivity index (χ0v) is 14.6. The van der Waals surface area contributed by atoms with Gasteiger partial charge in [-0.2, -0.15) is 0 Å².